The standard InChI is InChI=1S/C30H45NO4.C26H35NO4.C25H35NO4.C25H33NO4.C17H19NO3/c1-7-12-30(34-6)23(28(5,33)27(2,3)4)16-20-21-15-19-10-11-22(32)25-24(19)29(20,26(30)35-25)13-14-31(21)17-18-8-9-18;1-23(2,29)18-13-24-8-9-26(18,30-3)22-25(24)10-11-27(14-15-4-5-15)19(24)12-16-6-7-17(28)21(31-22)20(16)25;2*1-5-8-22(2,28)17-14-23-9-10-25(17,29-4)21-24(23)11-12-26(3)18(23)13-15-6-7-16(27)20(30-21)19(15)24;1-18-7-6-17-10-3-5-13(20)16(17)21-15-12(19)4-2-9(14(15)17)8-11(10)18/h10-11,18,20-21,23,26,32-33H,7-9,12-17H2,1-6H3;6-7,15,18-19,22,28-29H,4-5,8-14H2,1-3H3;6-7,17-18,21,27-28H,5,8-14H2,1-4H3;6-7,9-10,17-18,21,27-28H,5,8,11-14H2,1-4H3;2,4,10-11,16,19H,3,5-8H2,1H3/t20?,21-,23-,26-,28+,29+,30+;18-,19?,22-,24-,25+,26-;17-,18-,21-,22-,23-,24+,25+;17-,18-,21-,22?,23-,24+,25+;10-,11+,16-,17-/m11110/s1. The lowest BCUT2D eigenvalue weighted by Crippen LogP contribution is -2.82. The van der Waals surface area contributed by atoms with Crippen molar-refractivity contribution < 1.29 is 93.4 Å². The van der Waals surface area contributed by atoms with Gasteiger partial charge < -0.3 is 103 Å². The zero-order valence-corrected chi connectivity index (χ0v) is 90.8. The Hall–Kier alpha value is -7.01. The van der Waals surface area contributed by atoms with Crippen LogP contribution >= 0.6 is 0 Å². The summed E-state index contributed by atoms with van der Waals surface area (Å²) in [6.07, 6.45) is 33.6. The van der Waals surface area contributed by atoms with Gasteiger partial charge in [0.1, 0.15) is 46.8 Å². The second kappa shape index (κ2) is 32.6. The third kappa shape index (κ3) is 12.3. The molecule has 28 aliphatic rings. The molecule has 5 aromatic rings. The molecule has 16 bridgehead atoms. The van der Waals surface area contributed by atoms with Crippen molar-refractivity contribution in [2.75, 3.05) is 95.4 Å². The van der Waals surface area contributed by atoms with E-state index in [9.17, 15) is 50.8 Å². The molecule has 3 unspecified atom stereocenters. The van der Waals surface area contributed by atoms with Crippen LogP contribution in [0.3, 0.4) is 0 Å². The first-order valence-electron chi connectivity index (χ1n) is 57.5. The summed E-state index contributed by atoms with van der Waals surface area (Å²) >= 11 is 0. The van der Waals surface area contributed by atoms with Crippen LogP contribution in [-0.4, -0.2) is 277 Å². The number of hydrogen-bond donors (Lipinski definition) is 9. The quantitative estimate of drug-likeness (QED) is 0.0368. The summed E-state index contributed by atoms with van der Waals surface area (Å²) in [4.78, 5) is 25.6. The van der Waals surface area contributed by atoms with E-state index in [1.807, 2.05) is 80.2 Å². The number of phenols is 5. The molecular weight excluding hydrogens is 1850 g/mol. The number of nitrogens with zero attached hydrogens (tertiary/aromatic N) is 5. The highest BCUT2D eigenvalue weighted by molar-refractivity contribution is 5.89. The Bertz CT molecular complexity index is 6200. The van der Waals surface area contributed by atoms with Crippen LogP contribution in [0.5, 0.6) is 57.5 Å². The van der Waals surface area contributed by atoms with Gasteiger partial charge in [-0.25, -0.2) is 0 Å². The van der Waals surface area contributed by atoms with Crippen molar-refractivity contribution in [2.45, 2.75) is 401 Å². The molecule has 11 saturated carbocycles. The number of aliphatic hydroxyl groups is 4. The largest absolute Gasteiger partial charge is 0.504 e. The van der Waals surface area contributed by atoms with Crippen LogP contribution in [-0.2, 0) is 82.9 Å². The fourth-order valence-corrected chi connectivity index (χ4v) is 41.1. The Morgan fingerprint density at radius 2 is 0.864 bits per heavy atom. The molecule has 24 heteroatoms. The van der Waals surface area contributed by atoms with Gasteiger partial charge in [0.25, 0.3) is 0 Å². The Balaban J connectivity index is 0.0000000938. The van der Waals surface area contributed by atoms with E-state index in [1.165, 1.54) is 88.8 Å². The number of piperidine rings is 5. The van der Waals surface area contributed by atoms with Crippen molar-refractivity contribution in [1.82, 2.24) is 24.5 Å². The molecule has 147 heavy (non-hydrogen) atoms. The maximum Gasteiger partial charge on any atom is 0.174 e. The number of likely N-dealkylation sites (tertiary alicyclic amines) is 5. The third-order valence-corrected chi connectivity index (χ3v) is 47.8. The van der Waals surface area contributed by atoms with Gasteiger partial charge in [0, 0.05) is 168 Å². The zero-order valence-electron chi connectivity index (χ0n) is 90.8. The summed E-state index contributed by atoms with van der Waals surface area (Å²) in [6, 6.07) is 21.8. The fourth-order valence-electron chi connectivity index (χ4n) is 41.1. The van der Waals surface area contributed by atoms with Crippen LogP contribution in [0.2, 0.25) is 0 Å². The molecule has 798 valence electrons. The van der Waals surface area contributed by atoms with Gasteiger partial charge in [-0.1, -0.05) is 103 Å². The van der Waals surface area contributed by atoms with Gasteiger partial charge in [0.05, 0.1) is 27.8 Å². The maximum absolute atomic E-state index is 12.5. The molecule has 18 aliphatic carbocycles. The lowest BCUT2D eigenvalue weighted by molar-refractivity contribution is -0.301. The average molecular weight is 2020 g/mol. The van der Waals surface area contributed by atoms with E-state index < -0.39 is 44.8 Å². The van der Waals surface area contributed by atoms with Gasteiger partial charge in [-0.3, -0.25) is 14.6 Å². The highest BCUT2D eigenvalue weighted by atomic mass is 16.6. The van der Waals surface area contributed by atoms with Crippen LogP contribution in [0.15, 0.2) is 72.8 Å². The van der Waals surface area contributed by atoms with E-state index in [0.717, 1.165) is 211 Å². The molecule has 0 amide bonds. The van der Waals surface area contributed by atoms with Gasteiger partial charge in [-0.2, -0.15) is 0 Å². The predicted octanol–water partition coefficient (Wildman–Crippen LogP) is 16.6. The van der Waals surface area contributed by atoms with Crippen LogP contribution in [0, 0.1) is 69.0 Å². The first kappa shape index (κ1) is 99.3. The van der Waals surface area contributed by atoms with E-state index >= 15 is 0 Å². The minimum Gasteiger partial charge on any atom is -0.504 e. The molecule has 0 aromatic heterocycles. The number of ketones is 1. The van der Waals surface area contributed by atoms with Gasteiger partial charge >= 0.3 is 0 Å². The molecule has 0 radical (unpaired) electrons. The lowest BCUT2D eigenvalue weighted by Gasteiger charge is -2.75. The van der Waals surface area contributed by atoms with Gasteiger partial charge in [-0.15, -0.1) is 0 Å². The highest BCUT2D eigenvalue weighted by Gasteiger charge is 2.87. The molecule has 5 saturated heterocycles. The summed E-state index contributed by atoms with van der Waals surface area (Å²) in [5.74, 6) is 7.27. The minimum atomic E-state index is -0.935. The van der Waals surface area contributed by atoms with E-state index in [4.69, 9.17) is 42.6 Å². The van der Waals surface area contributed by atoms with E-state index in [-0.39, 0.29) is 137 Å². The summed E-state index contributed by atoms with van der Waals surface area (Å²) in [5.41, 5.74) is 5.92. The molecule has 33 rings (SSSR count). The number of Topliss-reactive ketones (excluding diaryl/α,β-unsaturated/α-hetero) is 1. The smallest absolute Gasteiger partial charge is 0.174 e. The second-order valence-corrected chi connectivity index (χ2v) is 54.5. The van der Waals surface area contributed by atoms with Crippen LogP contribution in [0.25, 0.3) is 0 Å². The van der Waals surface area contributed by atoms with E-state index in [1.54, 1.807) is 19.2 Å². The van der Waals surface area contributed by atoms with Gasteiger partial charge in [0.2, 0.25) is 0 Å². The molecule has 24 nitrogen and oxygen atoms in total. The number of benzene rings is 5. The third-order valence-electron chi connectivity index (χ3n) is 47.8. The number of fused-ring (bicyclic) bond motifs is 5. The Kier molecular flexibility index (Phi) is 22.0. The zero-order chi connectivity index (χ0) is 103. The first-order chi connectivity index (χ1) is 69.9. The van der Waals surface area contributed by atoms with Crippen molar-refractivity contribution in [3.8, 4) is 57.5 Å². The topological polar surface area (TPSA) is 298 Å². The molecule has 16 fully saturated rings. The lowest BCUT2D eigenvalue weighted by atomic mass is 9.33. The first-order valence-corrected chi connectivity index (χ1v) is 57.5. The Morgan fingerprint density at radius 3 is 1.41 bits per heavy atom. The number of methoxy groups -OCH3 is 4. The molecule has 10 aliphatic heterocycles. The number of aromatic hydroxyl groups is 5. The summed E-state index contributed by atoms with van der Waals surface area (Å²) in [5, 5.41) is 101. The SMILES string of the molecule is CCCC(C)(O)[C@H]1C[C@@]23C=C[C@@]1(OC)[C@@H]1Oc4c(O)ccc5c4[C@@]12CCN(C)[C@@H]3C5.CCC[C@@](C)(O)[C@H]1C[C@@]23CC[C@@]1(OC)[C@@H]1Oc4c(O)ccc5c4[C@@]12CCN(C)[C@@H]3C5.CCC[C@]1(OC)[C@@H]([C@](C)(O)C(C)(C)C)CC2[C@H]3Cc4ccc(O)c5c4[C@@]2(CCN3CC2CC2)[C@H]1O5.CN1CC[C@]23c4c5ccc(O)c4O[C@H]2C(=O)CC[C@H]3[C@H]1C5.CO[C@]12CC[C@@]3(C[C@@H]1C(C)(C)O)C1Cc4ccc(O)c5c4[C@@]3(CCN1CC1CC1)[C@H]2O5. The molecular formula is C123H167N5O19. The van der Waals surface area contributed by atoms with Gasteiger partial charge in [0.15, 0.2) is 69.4 Å². The van der Waals surface area contributed by atoms with Crippen molar-refractivity contribution in [2.24, 2.45) is 69.0 Å². The summed E-state index contributed by atoms with van der Waals surface area (Å²) in [7, 11) is 13.9. The normalized spacial score (nSPS) is 42.9. The van der Waals surface area contributed by atoms with Crippen molar-refractivity contribution in [1.29, 1.82) is 0 Å². The molecule has 10 heterocycles. The molecule has 8 spiro atoms. The maximum atomic E-state index is 12.5. The number of carbonyl (C=O) groups is 1. The Labute approximate surface area is 870 Å². The number of carbonyl (C=O) groups excluding carboxylic acids is 1. The molecule has 5 aromatic carbocycles. The van der Waals surface area contributed by atoms with Crippen molar-refractivity contribution in [3.05, 3.63) is 128 Å². The monoisotopic (exact) mass is 2020 g/mol. The number of phenolic OH excluding ortho intramolecular Hbond substituents is 5. The van der Waals surface area contributed by atoms with Crippen molar-refractivity contribution in [3.63, 3.8) is 0 Å². The molecule has 31 atom stereocenters. The number of ether oxygens (including phenoxy) is 9. The van der Waals surface area contributed by atoms with Crippen LogP contribution in [0.1, 0.15) is 292 Å². The predicted molar refractivity (Wildman–Crippen MR) is 558 cm³/mol. The minimum absolute atomic E-state index is 0.0123. The number of hydrogen-bond acceptors (Lipinski definition) is 24. The van der Waals surface area contributed by atoms with E-state index in [2.05, 4.69) is 124 Å². The Morgan fingerprint density at radius 1 is 0.408 bits per heavy atom. The summed E-state index contributed by atoms with van der Waals surface area (Å²) in [6.45, 7) is 30.5. The van der Waals surface area contributed by atoms with Gasteiger partial charge in [-0.05, 0) is 343 Å². The molecule has 9 N–H and O–H groups in total. The number of likely N-dealkylation sites (N-methyl/N-ethyl adjacent to an activating group) is 3. The van der Waals surface area contributed by atoms with E-state index in [0.29, 0.717) is 77.2 Å². The second-order valence-electron chi connectivity index (χ2n) is 54.5. The van der Waals surface area contributed by atoms with Crippen molar-refractivity contribution >= 4 is 5.78 Å². The number of rotatable bonds is 18. The fraction of sp³-hybridized carbons (Fsp3) is 0.732. The highest BCUT2D eigenvalue weighted by Crippen LogP contribution is 2.83. The average Bonchev–Trinajstić information content (AvgIpc) is 1.35. The van der Waals surface area contributed by atoms with Crippen LogP contribution < -0.4 is 23.7 Å². The summed E-state index contributed by atoms with van der Waals surface area (Å²) < 4.78 is 59.0. The van der Waals surface area contributed by atoms with Crippen LogP contribution in [0.4, 0.5) is 0 Å².